The summed E-state index contributed by atoms with van der Waals surface area (Å²) in [6.07, 6.45) is 3.10. The Morgan fingerprint density at radius 1 is 1.00 bits per heavy atom. The largest absolute Gasteiger partial charge is 0.497 e. The second-order valence-electron chi connectivity index (χ2n) is 5.53. The second-order valence-corrected chi connectivity index (χ2v) is 5.53. The van der Waals surface area contributed by atoms with Crippen molar-refractivity contribution in [2.75, 3.05) is 7.11 Å². The summed E-state index contributed by atoms with van der Waals surface area (Å²) in [6, 6.07) is 18.2. The van der Waals surface area contributed by atoms with Crippen molar-refractivity contribution in [1.29, 1.82) is 0 Å². The van der Waals surface area contributed by atoms with Gasteiger partial charge >= 0.3 is 0 Å². The predicted octanol–water partition coefficient (Wildman–Crippen LogP) is 5.36. The normalized spacial score (nSPS) is 10.7. The molecule has 0 bridgehead atoms. The molecule has 0 aliphatic carbocycles. The number of hydrogen-bond acceptors (Lipinski definition) is 3. The van der Waals surface area contributed by atoms with Gasteiger partial charge in [-0.1, -0.05) is 61.0 Å². The topological polar surface area (TPSA) is 35.3 Å². The first-order valence-electron chi connectivity index (χ1n) is 8.02. The molecule has 3 rings (SSSR count). The zero-order chi connectivity index (χ0) is 16.1. The van der Waals surface area contributed by atoms with Gasteiger partial charge in [0.15, 0.2) is 0 Å². The Hall–Kier alpha value is -2.55. The second kappa shape index (κ2) is 7.14. The Bertz CT molecular complexity index is 762. The van der Waals surface area contributed by atoms with Crippen molar-refractivity contribution in [2.24, 2.45) is 0 Å². The minimum Gasteiger partial charge on any atom is -0.497 e. The van der Waals surface area contributed by atoms with Crippen molar-refractivity contribution < 1.29 is 9.26 Å². The van der Waals surface area contributed by atoms with Crippen molar-refractivity contribution in [3.63, 3.8) is 0 Å². The van der Waals surface area contributed by atoms with Gasteiger partial charge in [-0.25, -0.2) is 0 Å². The number of benzene rings is 2. The highest BCUT2D eigenvalue weighted by Crippen LogP contribution is 2.36. The highest BCUT2D eigenvalue weighted by molar-refractivity contribution is 5.82. The maximum Gasteiger partial charge on any atom is 0.145 e. The summed E-state index contributed by atoms with van der Waals surface area (Å²) in [7, 11) is 1.68. The molecule has 0 amide bonds. The Morgan fingerprint density at radius 2 is 1.78 bits per heavy atom. The van der Waals surface area contributed by atoms with Crippen LogP contribution >= 0.6 is 0 Å². The fourth-order valence-corrected chi connectivity index (χ4v) is 2.70. The van der Waals surface area contributed by atoms with E-state index in [-0.39, 0.29) is 0 Å². The fraction of sp³-hybridized carbons (Fsp3) is 0.250. The molecule has 118 valence electrons. The molecule has 0 spiro atoms. The van der Waals surface area contributed by atoms with E-state index in [0.717, 1.165) is 53.2 Å². The van der Waals surface area contributed by atoms with Gasteiger partial charge in [0.1, 0.15) is 17.2 Å². The quantitative estimate of drug-likeness (QED) is 0.615. The van der Waals surface area contributed by atoms with E-state index in [1.54, 1.807) is 7.11 Å². The van der Waals surface area contributed by atoms with Gasteiger partial charge in [-0.2, -0.15) is 0 Å². The summed E-state index contributed by atoms with van der Waals surface area (Å²) in [5.74, 6) is 1.78. The lowest BCUT2D eigenvalue weighted by molar-refractivity contribution is 0.383. The SMILES string of the molecule is CCCCc1onc(-c2ccccc2)c1-c1cccc(OC)c1. The molecule has 0 atom stereocenters. The lowest BCUT2D eigenvalue weighted by atomic mass is 9.97. The Morgan fingerprint density at radius 3 is 2.52 bits per heavy atom. The molecule has 23 heavy (non-hydrogen) atoms. The predicted molar refractivity (Wildman–Crippen MR) is 92.5 cm³/mol. The third-order valence-electron chi connectivity index (χ3n) is 3.93. The zero-order valence-corrected chi connectivity index (χ0v) is 13.6. The van der Waals surface area contributed by atoms with E-state index >= 15 is 0 Å². The molecule has 0 saturated heterocycles. The first-order chi connectivity index (χ1) is 11.3. The molecule has 0 saturated carbocycles. The Kier molecular flexibility index (Phi) is 4.77. The standard InChI is InChI=1S/C20H21NO2/c1-3-4-13-18-19(16-11-8-12-17(14-16)22-2)20(21-23-18)15-9-6-5-7-10-15/h5-12,14H,3-4,13H2,1-2H3. The molecule has 0 N–H and O–H groups in total. The van der Waals surface area contributed by atoms with Gasteiger partial charge in [-0.3, -0.25) is 0 Å². The van der Waals surface area contributed by atoms with Crippen molar-refractivity contribution in [2.45, 2.75) is 26.2 Å². The molecular formula is C20H21NO2. The van der Waals surface area contributed by atoms with Crippen LogP contribution in [0.3, 0.4) is 0 Å². The van der Waals surface area contributed by atoms with Gasteiger partial charge in [-0.15, -0.1) is 0 Å². The van der Waals surface area contributed by atoms with E-state index in [9.17, 15) is 0 Å². The van der Waals surface area contributed by atoms with Crippen molar-refractivity contribution in [3.8, 4) is 28.1 Å². The van der Waals surface area contributed by atoms with Crippen LogP contribution in [-0.2, 0) is 6.42 Å². The van der Waals surface area contributed by atoms with Crippen molar-refractivity contribution in [3.05, 3.63) is 60.4 Å². The molecule has 3 heteroatoms. The first kappa shape index (κ1) is 15.3. The van der Waals surface area contributed by atoms with E-state index in [1.807, 2.05) is 36.4 Å². The van der Waals surface area contributed by atoms with Crippen LogP contribution in [0.1, 0.15) is 25.5 Å². The van der Waals surface area contributed by atoms with Crippen LogP contribution in [0.5, 0.6) is 5.75 Å². The molecule has 1 aromatic heterocycles. The summed E-state index contributed by atoms with van der Waals surface area (Å²) in [5.41, 5.74) is 4.11. The van der Waals surface area contributed by atoms with Crippen LogP contribution in [0.4, 0.5) is 0 Å². The molecular weight excluding hydrogens is 286 g/mol. The summed E-state index contributed by atoms with van der Waals surface area (Å²) in [6.45, 7) is 2.18. The lowest BCUT2D eigenvalue weighted by Crippen LogP contribution is -1.90. The summed E-state index contributed by atoms with van der Waals surface area (Å²) < 4.78 is 11.1. The number of rotatable bonds is 6. The molecule has 0 unspecified atom stereocenters. The van der Waals surface area contributed by atoms with Crippen LogP contribution in [0.15, 0.2) is 59.1 Å². The number of methoxy groups -OCH3 is 1. The zero-order valence-electron chi connectivity index (χ0n) is 13.6. The number of nitrogens with zero attached hydrogens (tertiary/aromatic N) is 1. The monoisotopic (exact) mass is 307 g/mol. The number of hydrogen-bond donors (Lipinski definition) is 0. The molecule has 3 aromatic rings. The summed E-state index contributed by atoms with van der Waals surface area (Å²) in [4.78, 5) is 0. The van der Waals surface area contributed by atoms with Crippen molar-refractivity contribution in [1.82, 2.24) is 5.16 Å². The average molecular weight is 307 g/mol. The highest BCUT2D eigenvalue weighted by Gasteiger charge is 2.19. The summed E-state index contributed by atoms with van der Waals surface area (Å²) >= 11 is 0. The Labute approximate surface area is 136 Å². The summed E-state index contributed by atoms with van der Waals surface area (Å²) in [5, 5.41) is 4.36. The van der Waals surface area contributed by atoms with Crippen LogP contribution in [0, 0.1) is 0 Å². The van der Waals surface area contributed by atoms with Crippen molar-refractivity contribution >= 4 is 0 Å². The van der Waals surface area contributed by atoms with Crippen LogP contribution < -0.4 is 4.74 Å². The lowest BCUT2D eigenvalue weighted by Gasteiger charge is -2.07. The molecule has 1 heterocycles. The van der Waals surface area contributed by atoms with Gasteiger partial charge in [-0.05, 0) is 24.1 Å². The molecule has 3 nitrogen and oxygen atoms in total. The number of aryl methyl sites for hydroxylation is 1. The molecule has 0 radical (unpaired) electrons. The molecule has 2 aromatic carbocycles. The van der Waals surface area contributed by atoms with Gasteiger partial charge in [0.05, 0.1) is 12.7 Å². The third-order valence-corrected chi connectivity index (χ3v) is 3.93. The fourth-order valence-electron chi connectivity index (χ4n) is 2.70. The molecule has 0 aliphatic heterocycles. The van der Waals surface area contributed by atoms with E-state index in [2.05, 4.69) is 30.3 Å². The number of aromatic nitrogens is 1. The minimum absolute atomic E-state index is 0.837. The van der Waals surface area contributed by atoms with Gasteiger partial charge in [0.2, 0.25) is 0 Å². The third kappa shape index (κ3) is 3.29. The maximum absolute atomic E-state index is 5.69. The van der Waals surface area contributed by atoms with E-state index in [0.29, 0.717) is 0 Å². The smallest absolute Gasteiger partial charge is 0.145 e. The molecule has 0 fully saturated rings. The average Bonchev–Trinajstić information content (AvgIpc) is 3.04. The van der Waals surface area contributed by atoms with E-state index < -0.39 is 0 Å². The van der Waals surface area contributed by atoms with E-state index in [4.69, 9.17) is 9.26 Å². The number of unbranched alkanes of at least 4 members (excludes halogenated alkanes) is 1. The van der Waals surface area contributed by atoms with Crippen LogP contribution in [0.2, 0.25) is 0 Å². The number of ether oxygens (including phenoxy) is 1. The van der Waals surface area contributed by atoms with Gasteiger partial charge < -0.3 is 9.26 Å². The maximum atomic E-state index is 5.69. The molecule has 0 aliphatic rings. The minimum atomic E-state index is 0.837. The highest BCUT2D eigenvalue weighted by atomic mass is 16.5. The van der Waals surface area contributed by atoms with Gasteiger partial charge in [0.25, 0.3) is 0 Å². The van der Waals surface area contributed by atoms with Crippen LogP contribution in [0.25, 0.3) is 22.4 Å². The van der Waals surface area contributed by atoms with E-state index in [1.165, 1.54) is 0 Å². The Balaban J connectivity index is 2.12. The first-order valence-corrected chi connectivity index (χ1v) is 8.02. The van der Waals surface area contributed by atoms with Gasteiger partial charge in [0, 0.05) is 12.0 Å². The van der Waals surface area contributed by atoms with Crippen LogP contribution in [-0.4, -0.2) is 12.3 Å².